The molecule has 0 radical (unpaired) electrons. The fourth-order valence-corrected chi connectivity index (χ4v) is 1.04. The molecule has 0 aliphatic rings. The van der Waals surface area contributed by atoms with E-state index in [0.717, 1.165) is 0 Å². The van der Waals surface area contributed by atoms with E-state index in [1.165, 1.54) is 7.11 Å². The van der Waals surface area contributed by atoms with E-state index in [4.69, 9.17) is 9.47 Å². The Bertz CT molecular complexity index is 322. The van der Waals surface area contributed by atoms with E-state index < -0.39 is 5.97 Å². The van der Waals surface area contributed by atoms with Gasteiger partial charge in [0.25, 0.3) is 0 Å². The summed E-state index contributed by atoms with van der Waals surface area (Å²) in [6.45, 7) is 2.33. The summed E-state index contributed by atoms with van der Waals surface area (Å²) in [5, 5.41) is 0. The zero-order valence-electron chi connectivity index (χ0n) is 8.86. The minimum Gasteiger partial charge on any atom is -0.490 e. The molecule has 0 amide bonds. The van der Waals surface area contributed by atoms with Crippen LogP contribution in [0.4, 0.5) is 0 Å². The number of para-hydroxylation sites is 2. The highest BCUT2D eigenvalue weighted by atomic mass is 16.6. The number of carbonyl (C=O) groups is 1. The van der Waals surface area contributed by atoms with Crippen molar-refractivity contribution in [3.05, 3.63) is 24.3 Å². The first-order valence-corrected chi connectivity index (χ1v) is 4.69. The van der Waals surface area contributed by atoms with Crippen LogP contribution in [0, 0.1) is 0 Å². The van der Waals surface area contributed by atoms with Gasteiger partial charge >= 0.3 is 5.97 Å². The molecule has 0 saturated heterocycles. The van der Waals surface area contributed by atoms with Crippen molar-refractivity contribution in [3.8, 4) is 11.5 Å². The third-order valence-corrected chi connectivity index (χ3v) is 1.72. The van der Waals surface area contributed by atoms with Crippen molar-refractivity contribution in [1.82, 2.24) is 0 Å². The van der Waals surface area contributed by atoms with Gasteiger partial charge in [-0.2, -0.15) is 0 Å². The lowest BCUT2D eigenvalue weighted by atomic mass is 10.3. The number of hydrogen-bond acceptors (Lipinski definition) is 4. The van der Waals surface area contributed by atoms with Crippen LogP contribution in [0.15, 0.2) is 24.3 Å². The van der Waals surface area contributed by atoms with Crippen LogP contribution in [0.1, 0.15) is 6.92 Å². The SMILES string of the molecule is CCOc1ccccc1OCC(=O)OC. The van der Waals surface area contributed by atoms with Crippen molar-refractivity contribution in [1.29, 1.82) is 0 Å². The third-order valence-electron chi connectivity index (χ3n) is 1.72. The Morgan fingerprint density at radius 3 is 2.33 bits per heavy atom. The van der Waals surface area contributed by atoms with Crippen molar-refractivity contribution in [2.24, 2.45) is 0 Å². The van der Waals surface area contributed by atoms with E-state index in [2.05, 4.69) is 4.74 Å². The van der Waals surface area contributed by atoms with Crippen LogP contribution in [0.3, 0.4) is 0 Å². The predicted octanol–water partition coefficient (Wildman–Crippen LogP) is 1.64. The van der Waals surface area contributed by atoms with Gasteiger partial charge in [0.15, 0.2) is 18.1 Å². The summed E-state index contributed by atoms with van der Waals surface area (Å²) >= 11 is 0. The monoisotopic (exact) mass is 210 g/mol. The molecular weight excluding hydrogens is 196 g/mol. The first-order chi connectivity index (χ1) is 7.27. The molecule has 0 aliphatic carbocycles. The Hall–Kier alpha value is -1.71. The Labute approximate surface area is 88.8 Å². The van der Waals surface area contributed by atoms with Crippen molar-refractivity contribution < 1.29 is 19.0 Å². The highest BCUT2D eigenvalue weighted by Gasteiger charge is 2.06. The molecular formula is C11H14O4. The number of hydrogen-bond donors (Lipinski definition) is 0. The number of carbonyl (C=O) groups excluding carboxylic acids is 1. The van der Waals surface area contributed by atoms with E-state index in [0.29, 0.717) is 18.1 Å². The molecule has 82 valence electrons. The van der Waals surface area contributed by atoms with Crippen LogP contribution >= 0.6 is 0 Å². The second kappa shape index (κ2) is 5.90. The number of benzene rings is 1. The van der Waals surface area contributed by atoms with Crippen molar-refractivity contribution in [3.63, 3.8) is 0 Å². The second-order valence-corrected chi connectivity index (χ2v) is 2.74. The van der Waals surface area contributed by atoms with Crippen LogP contribution in [-0.4, -0.2) is 26.3 Å². The molecule has 0 aliphatic heterocycles. The molecule has 0 heterocycles. The molecule has 0 spiro atoms. The first kappa shape index (κ1) is 11.4. The summed E-state index contributed by atoms with van der Waals surface area (Å²) in [6, 6.07) is 7.19. The molecule has 0 bridgehead atoms. The number of rotatable bonds is 5. The summed E-state index contributed by atoms with van der Waals surface area (Å²) in [5.74, 6) is 0.759. The van der Waals surface area contributed by atoms with Crippen LogP contribution in [0.25, 0.3) is 0 Å². The molecule has 0 N–H and O–H groups in total. The molecule has 0 saturated carbocycles. The molecule has 1 aromatic rings. The van der Waals surface area contributed by atoms with Gasteiger partial charge in [-0.15, -0.1) is 0 Å². The number of ether oxygens (including phenoxy) is 3. The summed E-state index contributed by atoms with van der Waals surface area (Å²) in [5.41, 5.74) is 0. The number of methoxy groups -OCH3 is 1. The highest BCUT2D eigenvalue weighted by molar-refractivity contribution is 5.71. The van der Waals surface area contributed by atoms with Crippen molar-refractivity contribution in [2.45, 2.75) is 6.92 Å². The van der Waals surface area contributed by atoms with Crippen LogP contribution in [-0.2, 0) is 9.53 Å². The van der Waals surface area contributed by atoms with Gasteiger partial charge in [-0.25, -0.2) is 4.79 Å². The lowest BCUT2D eigenvalue weighted by Crippen LogP contribution is -2.13. The zero-order chi connectivity index (χ0) is 11.1. The maximum Gasteiger partial charge on any atom is 0.343 e. The average Bonchev–Trinajstić information content (AvgIpc) is 2.28. The van der Waals surface area contributed by atoms with Gasteiger partial charge in [-0.3, -0.25) is 0 Å². The van der Waals surface area contributed by atoms with Crippen molar-refractivity contribution in [2.75, 3.05) is 20.3 Å². The Kier molecular flexibility index (Phi) is 4.47. The highest BCUT2D eigenvalue weighted by Crippen LogP contribution is 2.26. The predicted molar refractivity (Wildman–Crippen MR) is 55.1 cm³/mol. The van der Waals surface area contributed by atoms with E-state index in [1.807, 2.05) is 19.1 Å². The standard InChI is InChI=1S/C11H14O4/c1-3-14-9-6-4-5-7-10(9)15-8-11(12)13-2/h4-7H,3,8H2,1-2H3. The molecule has 1 aromatic carbocycles. The van der Waals surface area contributed by atoms with Gasteiger partial charge in [0.1, 0.15) is 0 Å². The Balaban J connectivity index is 2.62. The van der Waals surface area contributed by atoms with Crippen LogP contribution in [0.2, 0.25) is 0 Å². The molecule has 4 heteroatoms. The summed E-state index contributed by atoms with van der Waals surface area (Å²) in [6.07, 6.45) is 0. The molecule has 1 rings (SSSR count). The Morgan fingerprint density at radius 2 is 1.80 bits per heavy atom. The van der Waals surface area contributed by atoms with Gasteiger partial charge in [0, 0.05) is 0 Å². The summed E-state index contributed by atoms with van der Waals surface area (Å²) < 4.78 is 15.0. The molecule has 15 heavy (non-hydrogen) atoms. The third kappa shape index (κ3) is 3.50. The minimum absolute atomic E-state index is 0.111. The quantitative estimate of drug-likeness (QED) is 0.693. The van der Waals surface area contributed by atoms with E-state index in [9.17, 15) is 4.79 Å². The van der Waals surface area contributed by atoms with Gasteiger partial charge in [-0.05, 0) is 19.1 Å². The van der Waals surface area contributed by atoms with E-state index >= 15 is 0 Å². The Morgan fingerprint density at radius 1 is 1.20 bits per heavy atom. The molecule has 0 aromatic heterocycles. The summed E-state index contributed by atoms with van der Waals surface area (Å²) in [7, 11) is 1.32. The van der Waals surface area contributed by atoms with Crippen molar-refractivity contribution >= 4 is 5.97 Å². The molecule has 0 fully saturated rings. The summed E-state index contributed by atoms with van der Waals surface area (Å²) in [4.78, 5) is 10.9. The maximum atomic E-state index is 10.9. The van der Waals surface area contributed by atoms with E-state index in [1.54, 1.807) is 12.1 Å². The second-order valence-electron chi connectivity index (χ2n) is 2.74. The van der Waals surface area contributed by atoms with Gasteiger partial charge < -0.3 is 14.2 Å². The van der Waals surface area contributed by atoms with Gasteiger partial charge in [0.2, 0.25) is 0 Å². The smallest absolute Gasteiger partial charge is 0.343 e. The lowest BCUT2D eigenvalue weighted by Gasteiger charge is -2.10. The molecule has 0 unspecified atom stereocenters. The lowest BCUT2D eigenvalue weighted by molar-refractivity contribution is -0.142. The fraction of sp³-hybridized carbons (Fsp3) is 0.364. The van der Waals surface area contributed by atoms with Crippen LogP contribution in [0.5, 0.6) is 11.5 Å². The maximum absolute atomic E-state index is 10.9. The fourth-order valence-electron chi connectivity index (χ4n) is 1.04. The van der Waals surface area contributed by atoms with E-state index in [-0.39, 0.29) is 6.61 Å². The average molecular weight is 210 g/mol. The molecule has 4 nitrogen and oxygen atoms in total. The molecule has 0 atom stereocenters. The zero-order valence-corrected chi connectivity index (χ0v) is 8.86. The normalized spacial score (nSPS) is 9.47. The number of esters is 1. The van der Waals surface area contributed by atoms with Crippen LogP contribution < -0.4 is 9.47 Å². The van der Waals surface area contributed by atoms with Gasteiger partial charge in [-0.1, -0.05) is 12.1 Å². The minimum atomic E-state index is -0.415. The van der Waals surface area contributed by atoms with Gasteiger partial charge in [0.05, 0.1) is 13.7 Å². The first-order valence-electron chi connectivity index (χ1n) is 4.69. The topological polar surface area (TPSA) is 44.8 Å². The largest absolute Gasteiger partial charge is 0.490 e.